The van der Waals surface area contributed by atoms with Crippen LogP contribution in [-0.2, 0) is 22.4 Å². The molecule has 8 heteroatoms. The number of carboxylic acid groups (broad SMARTS) is 1. The van der Waals surface area contributed by atoms with Gasteiger partial charge in [0.25, 0.3) is 5.91 Å². The number of carbonyl (C=O) groups excluding carboxylic acids is 2. The van der Waals surface area contributed by atoms with Crippen LogP contribution >= 0.6 is 0 Å². The summed E-state index contributed by atoms with van der Waals surface area (Å²) in [5.41, 5.74) is 0.211. The Morgan fingerprint density at radius 1 is 1.25 bits per heavy atom. The third-order valence-electron chi connectivity index (χ3n) is 4.52. The fraction of sp³-hybridized carbons (Fsp3) is 0.250. The number of aliphatic carboxylic acids is 1. The molecule has 1 aliphatic rings. The standard InChI is InChI=1S/C20H19NO7/c1-10-7-12-15(22)9-13(17(23)16(12)20(27)28-10)18(24)21-14(19(25)26)8-11-5-3-2-4-6-11/h2-6,9-10,14,22-23H,7-8H2,1H3,(H,21,24)(H,25,26)/t10-,14?/m1/s1. The van der Waals surface area contributed by atoms with Gasteiger partial charge in [-0.2, -0.15) is 0 Å². The first-order valence-corrected chi connectivity index (χ1v) is 8.64. The third-order valence-corrected chi connectivity index (χ3v) is 4.52. The van der Waals surface area contributed by atoms with Crippen molar-refractivity contribution in [3.05, 3.63) is 58.7 Å². The number of fused-ring (bicyclic) bond motifs is 1. The topological polar surface area (TPSA) is 133 Å². The minimum atomic E-state index is -1.26. The second kappa shape index (κ2) is 7.59. The van der Waals surface area contributed by atoms with Gasteiger partial charge in [0.1, 0.15) is 29.2 Å². The van der Waals surface area contributed by atoms with Crippen molar-refractivity contribution in [2.45, 2.75) is 31.9 Å². The van der Waals surface area contributed by atoms with Gasteiger partial charge in [-0.05, 0) is 18.6 Å². The maximum Gasteiger partial charge on any atom is 0.342 e. The molecule has 8 nitrogen and oxygen atoms in total. The zero-order valence-corrected chi connectivity index (χ0v) is 15.0. The van der Waals surface area contributed by atoms with Crippen LogP contribution < -0.4 is 5.32 Å². The molecule has 1 amide bonds. The van der Waals surface area contributed by atoms with Crippen molar-refractivity contribution in [3.8, 4) is 11.5 Å². The summed E-state index contributed by atoms with van der Waals surface area (Å²) in [7, 11) is 0. The monoisotopic (exact) mass is 385 g/mol. The summed E-state index contributed by atoms with van der Waals surface area (Å²) in [6, 6.07) is 8.48. The molecule has 2 aromatic rings. The van der Waals surface area contributed by atoms with Gasteiger partial charge >= 0.3 is 11.9 Å². The Bertz CT molecular complexity index is 939. The molecule has 146 valence electrons. The first-order chi connectivity index (χ1) is 13.3. The fourth-order valence-corrected chi connectivity index (χ4v) is 3.15. The lowest BCUT2D eigenvalue weighted by Crippen LogP contribution is -2.42. The molecule has 3 rings (SSSR count). The number of amides is 1. The minimum absolute atomic E-state index is 0.0269. The van der Waals surface area contributed by atoms with Crippen LogP contribution in [0.4, 0.5) is 0 Å². The van der Waals surface area contributed by atoms with E-state index in [2.05, 4.69) is 5.32 Å². The number of carboxylic acids is 1. The van der Waals surface area contributed by atoms with Gasteiger partial charge in [0.2, 0.25) is 0 Å². The van der Waals surface area contributed by atoms with Crippen LogP contribution in [0.15, 0.2) is 36.4 Å². The van der Waals surface area contributed by atoms with Gasteiger partial charge in [-0.25, -0.2) is 9.59 Å². The number of hydrogen-bond acceptors (Lipinski definition) is 6. The van der Waals surface area contributed by atoms with Gasteiger partial charge in [-0.1, -0.05) is 30.3 Å². The van der Waals surface area contributed by atoms with Crippen LogP contribution in [0.5, 0.6) is 11.5 Å². The number of hydrogen-bond donors (Lipinski definition) is 4. The number of cyclic esters (lactones) is 1. The van der Waals surface area contributed by atoms with Crippen molar-refractivity contribution in [3.63, 3.8) is 0 Å². The van der Waals surface area contributed by atoms with Crippen molar-refractivity contribution in [2.75, 3.05) is 0 Å². The smallest absolute Gasteiger partial charge is 0.342 e. The van der Waals surface area contributed by atoms with E-state index in [1.165, 1.54) is 0 Å². The average Bonchev–Trinajstić information content (AvgIpc) is 2.64. The second-order valence-corrected chi connectivity index (χ2v) is 6.62. The number of carbonyl (C=O) groups is 3. The summed E-state index contributed by atoms with van der Waals surface area (Å²) in [6.07, 6.45) is -0.264. The Morgan fingerprint density at radius 3 is 2.57 bits per heavy atom. The van der Waals surface area contributed by atoms with Crippen molar-refractivity contribution in [2.24, 2.45) is 0 Å². The van der Waals surface area contributed by atoms with Crippen molar-refractivity contribution < 1.29 is 34.4 Å². The van der Waals surface area contributed by atoms with Gasteiger partial charge in [-0.3, -0.25) is 4.79 Å². The van der Waals surface area contributed by atoms with Gasteiger partial charge in [-0.15, -0.1) is 0 Å². The predicted octanol–water partition coefficient (Wildman–Crippen LogP) is 1.62. The maximum absolute atomic E-state index is 12.6. The number of esters is 1. The van der Waals surface area contributed by atoms with Crippen LogP contribution in [0.1, 0.15) is 38.8 Å². The van der Waals surface area contributed by atoms with E-state index in [1.807, 2.05) is 0 Å². The third kappa shape index (κ3) is 3.75. The number of phenolic OH excluding ortho intramolecular Hbond substituents is 2. The molecular formula is C20H19NO7. The summed E-state index contributed by atoms with van der Waals surface area (Å²) in [6.45, 7) is 1.64. The Hall–Kier alpha value is -3.55. The number of benzene rings is 2. The summed E-state index contributed by atoms with van der Waals surface area (Å²) >= 11 is 0. The van der Waals surface area contributed by atoms with E-state index in [1.54, 1.807) is 37.3 Å². The molecule has 0 spiro atoms. The van der Waals surface area contributed by atoms with E-state index in [-0.39, 0.29) is 29.7 Å². The van der Waals surface area contributed by atoms with Crippen molar-refractivity contribution in [1.82, 2.24) is 5.32 Å². The zero-order chi connectivity index (χ0) is 20.4. The molecule has 0 aromatic heterocycles. The van der Waals surface area contributed by atoms with Crippen LogP contribution in [0, 0.1) is 0 Å². The van der Waals surface area contributed by atoms with E-state index < -0.39 is 41.3 Å². The molecule has 4 N–H and O–H groups in total. The molecule has 1 aliphatic heterocycles. The lowest BCUT2D eigenvalue weighted by atomic mass is 9.94. The molecule has 28 heavy (non-hydrogen) atoms. The SMILES string of the molecule is C[C@@H]1Cc2c(O)cc(C(=O)NC(Cc3ccccc3)C(=O)O)c(O)c2C(=O)O1. The van der Waals surface area contributed by atoms with Gasteiger partial charge in [0.05, 0.1) is 5.56 Å². The van der Waals surface area contributed by atoms with Gasteiger partial charge in [0, 0.05) is 18.4 Å². The normalized spacial score (nSPS) is 16.6. The van der Waals surface area contributed by atoms with E-state index in [9.17, 15) is 29.7 Å². The van der Waals surface area contributed by atoms with Crippen LogP contribution in [-0.4, -0.2) is 45.3 Å². The highest BCUT2D eigenvalue weighted by Gasteiger charge is 2.33. The molecule has 0 saturated carbocycles. The predicted molar refractivity (Wildman–Crippen MR) is 97.4 cm³/mol. The lowest BCUT2D eigenvalue weighted by Gasteiger charge is -2.24. The second-order valence-electron chi connectivity index (χ2n) is 6.62. The summed E-state index contributed by atoms with van der Waals surface area (Å²) < 4.78 is 5.05. The molecule has 2 atom stereocenters. The lowest BCUT2D eigenvalue weighted by molar-refractivity contribution is -0.139. The summed E-state index contributed by atoms with van der Waals surface area (Å²) in [4.78, 5) is 36.2. The first-order valence-electron chi connectivity index (χ1n) is 8.64. The molecule has 2 aromatic carbocycles. The molecule has 0 aliphatic carbocycles. The highest BCUT2D eigenvalue weighted by atomic mass is 16.5. The van der Waals surface area contributed by atoms with Crippen LogP contribution in [0.25, 0.3) is 0 Å². The maximum atomic E-state index is 12.6. The van der Waals surface area contributed by atoms with E-state index in [0.717, 1.165) is 6.07 Å². The molecule has 0 bridgehead atoms. The number of ether oxygens (including phenoxy) is 1. The molecular weight excluding hydrogens is 366 g/mol. The molecule has 0 radical (unpaired) electrons. The van der Waals surface area contributed by atoms with Crippen molar-refractivity contribution in [1.29, 1.82) is 0 Å². The number of nitrogens with one attached hydrogen (secondary N) is 1. The Labute approximate surface area is 160 Å². The average molecular weight is 385 g/mol. The molecule has 0 saturated heterocycles. The largest absolute Gasteiger partial charge is 0.508 e. The zero-order valence-electron chi connectivity index (χ0n) is 15.0. The van der Waals surface area contributed by atoms with Crippen molar-refractivity contribution >= 4 is 17.8 Å². The van der Waals surface area contributed by atoms with Crippen LogP contribution in [0.3, 0.4) is 0 Å². The number of phenols is 2. The molecule has 1 unspecified atom stereocenters. The minimum Gasteiger partial charge on any atom is -0.508 e. The number of rotatable bonds is 5. The Kier molecular flexibility index (Phi) is 5.21. The molecule has 0 fully saturated rings. The number of aromatic hydroxyl groups is 2. The first kappa shape index (κ1) is 19.2. The fourth-order valence-electron chi connectivity index (χ4n) is 3.15. The van der Waals surface area contributed by atoms with E-state index in [0.29, 0.717) is 5.56 Å². The quantitative estimate of drug-likeness (QED) is 0.454. The van der Waals surface area contributed by atoms with E-state index >= 15 is 0 Å². The van der Waals surface area contributed by atoms with Crippen LogP contribution in [0.2, 0.25) is 0 Å². The summed E-state index contributed by atoms with van der Waals surface area (Å²) in [5, 5.41) is 32.4. The summed E-state index contributed by atoms with van der Waals surface area (Å²) in [5.74, 6) is -4.02. The highest BCUT2D eigenvalue weighted by molar-refractivity contribution is 6.05. The van der Waals surface area contributed by atoms with Gasteiger partial charge in [0.15, 0.2) is 0 Å². The Balaban J connectivity index is 1.89. The Morgan fingerprint density at radius 2 is 1.93 bits per heavy atom. The van der Waals surface area contributed by atoms with Gasteiger partial charge < -0.3 is 25.4 Å². The van der Waals surface area contributed by atoms with E-state index in [4.69, 9.17) is 4.74 Å². The molecule has 1 heterocycles. The highest BCUT2D eigenvalue weighted by Crippen LogP contribution is 2.37.